The van der Waals surface area contributed by atoms with E-state index < -0.39 is 0 Å². The molecule has 3 heterocycles. The zero-order chi connectivity index (χ0) is 23.0. The lowest BCUT2D eigenvalue weighted by molar-refractivity contribution is 0.393. The first-order valence-electron chi connectivity index (χ1n) is 10.4. The van der Waals surface area contributed by atoms with Crippen LogP contribution >= 0.6 is 0 Å². The van der Waals surface area contributed by atoms with Crippen LogP contribution in [0, 0.1) is 26.2 Å². The first-order chi connectivity index (χ1) is 15.4. The minimum atomic E-state index is 0.474. The second kappa shape index (κ2) is 8.33. The maximum Gasteiger partial charge on any atom is 0.144 e. The summed E-state index contributed by atoms with van der Waals surface area (Å²) in [4.78, 5) is 12.7. The number of rotatable bonds is 7. The van der Waals surface area contributed by atoms with E-state index in [-0.39, 0.29) is 0 Å². The van der Waals surface area contributed by atoms with Crippen molar-refractivity contribution in [2.45, 2.75) is 34.1 Å². The van der Waals surface area contributed by atoms with E-state index >= 15 is 0 Å². The Morgan fingerprint density at radius 2 is 2.03 bits per heavy atom. The molecule has 0 bridgehead atoms. The number of ether oxygens (including phenoxy) is 1. The van der Waals surface area contributed by atoms with E-state index in [0.29, 0.717) is 40.9 Å². The predicted molar refractivity (Wildman–Crippen MR) is 126 cm³/mol. The largest absolute Gasteiger partial charge is 0.496 e. The van der Waals surface area contributed by atoms with Crippen LogP contribution in [0.15, 0.2) is 28.6 Å². The molecule has 4 N–H and O–H groups in total. The van der Waals surface area contributed by atoms with E-state index in [1.165, 1.54) is 0 Å². The Morgan fingerprint density at radius 1 is 1.25 bits per heavy atom. The normalized spacial score (nSPS) is 11.9. The number of allylic oxidation sites excluding steroid dienone is 1. The van der Waals surface area contributed by atoms with Crippen molar-refractivity contribution in [3.05, 3.63) is 41.3 Å². The SMILES string of the molecule is CCC(=N)/C(=C\NC)Nc1nc(C)nc2[nH]c3cc(-c4c(C)noc4C)c(OC)cc3c12. The average molecular weight is 434 g/mol. The van der Waals surface area contributed by atoms with E-state index in [1.807, 2.05) is 39.8 Å². The van der Waals surface area contributed by atoms with Gasteiger partial charge in [-0.25, -0.2) is 9.97 Å². The maximum atomic E-state index is 8.29. The fourth-order valence-corrected chi connectivity index (χ4v) is 3.92. The predicted octanol–water partition coefficient (Wildman–Crippen LogP) is 4.60. The Bertz CT molecular complexity index is 1340. The van der Waals surface area contributed by atoms with Crippen molar-refractivity contribution in [2.75, 3.05) is 19.5 Å². The molecular formula is C23H27N7O2. The van der Waals surface area contributed by atoms with Gasteiger partial charge in [0.1, 0.15) is 28.8 Å². The van der Waals surface area contributed by atoms with Crippen molar-refractivity contribution >= 4 is 33.5 Å². The van der Waals surface area contributed by atoms with Crippen molar-refractivity contribution in [2.24, 2.45) is 0 Å². The molecule has 0 saturated carbocycles. The number of nitrogens with zero attached hydrogens (tertiary/aromatic N) is 3. The van der Waals surface area contributed by atoms with Gasteiger partial charge in [-0.1, -0.05) is 12.1 Å². The third kappa shape index (κ3) is 3.55. The summed E-state index contributed by atoms with van der Waals surface area (Å²) in [6.45, 7) is 7.59. The van der Waals surface area contributed by atoms with Crippen LogP contribution < -0.4 is 15.4 Å². The van der Waals surface area contributed by atoms with Gasteiger partial charge in [0.25, 0.3) is 0 Å². The highest BCUT2D eigenvalue weighted by atomic mass is 16.5. The molecule has 9 heteroatoms. The van der Waals surface area contributed by atoms with Crippen molar-refractivity contribution in [1.29, 1.82) is 5.41 Å². The minimum Gasteiger partial charge on any atom is -0.496 e. The lowest BCUT2D eigenvalue weighted by atomic mass is 10.0. The fraction of sp³-hybridized carbons (Fsp3) is 0.304. The number of H-pyrrole nitrogens is 1. The van der Waals surface area contributed by atoms with E-state index in [0.717, 1.165) is 38.9 Å². The first kappa shape index (κ1) is 21.4. The van der Waals surface area contributed by atoms with Crippen LogP contribution in [0.4, 0.5) is 5.82 Å². The molecule has 0 aliphatic heterocycles. The number of methoxy groups -OCH3 is 1. The lowest BCUT2D eigenvalue weighted by Crippen LogP contribution is -2.14. The molecule has 0 saturated heterocycles. The molecule has 9 nitrogen and oxygen atoms in total. The zero-order valence-electron chi connectivity index (χ0n) is 19.1. The number of aromatic amines is 1. The molecule has 0 radical (unpaired) electrons. The topological polar surface area (TPSA) is 125 Å². The quantitative estimate of drug-likeness (QED) is 0.314. The van der Waals surface area contributed by atoms with Crippen LogP contribution in [0.25, 0.3) is 33.1 Å². The first-order valence-corrected chi connectivity index (χ1v) is 10.4. The second-order valence-corrected chi connectivity index (χ2v) is 7.57. The fourth-order valence-electron chi connectivity index (χ4n) is 3.92. The van der Waals surface area contributed by atoms with Crippen LogP contribution in [-0.4, -0.2) is 40.0 Å². The highest BCUT2D eigenvalue weighted by Gasteiger charge is 2.21. The average Bonchev–Trinajstić information content (AvgIpc) is 3.29. The van der Waals surface area contributed by atoms with Crippen LogP contribution in [-0.2, 0) is 0 Å². The minimum absolute atomic E-state index is 0.474. The van der Waals surface area contributed by atoms with Crippen LogP contribution in [0.3, 0.4) is 0 Å². The van der Waals surface area contributed by atoms with Crippen molar-refractivity contribution in [3.63, 3.8) is 0 Å². The number of benzene rings is 1. The Labute approximate surface area is 185 Å². The summed E-state index contributed by atoms with van der Waals surface area (Å²) < 4.78 is 11.1. The molecule has 3 aromatic heterocycles. The Kier molecular flexibility index (Phi) is 5.56. The molecule has 0 unspecified atom stereocenters. The Morgan fingerprint density at radius 3 is 2.66 bits per heavy atom. The molecule has 0 fully saturated rings. The highest BCUT2D eigenvalue weighted by molar-refractivity contribution is 6.14. The number of hydrogen-bond acceptors (Lipinski definition) is 8. The summed E-state index contributed by atoms with van der Waals surface area (Å²) in [6.07, 6.45) is 2.36. The monoisotopic (exact) mass is 433 g/mol. The molecular weight excluding hydrogens is 406 g/mol. The van der Waals surface area contributed by atoms with Gasteiger partial charge in [0.2, 0.25) is 0 Å². The van der Waals surface area contributed by atoms with Gasteiger partial charge in [-0.3, -0.25) is 0 Å². The molecule has 166 valence electrons. The number of hydrogen-bond donors (Lipinski definition) is 4. The molecule has 32 heavy (non-hydrogen) atoms. The van der Waals surface area contributed by atoms with Gasteiger partial charge in [-0.2, -0.15) is 0 Å². The van der Waals surface area contributed by atoms with Crippen LogP contribution in [0.2, 0.25) is 0 Å². The van der Waals surface area contributed by atoms with Gasteiger partial charge in [-0.15, -0.1) is 0 Å². The van der Waals surface area contributed by atoms with Gasteiger partial charge in [0.15, 0.2) is 0 Å². The summed E-state index contributed by atoms with van der Waals surface area (Å²) in [5.74, 6) is 2.68. The zero-order valence-corrected chi connectivity index (χ0v) is 19.1. The standard InChI is InChI=1S/C23H27N7O2/c1-7-16(24)18(10-25-5)29-23-21-14-9-19(31-6)15(20-11(2)30-32-12(20)3)8-17(14)28-22(21)26-13(4)27-23/h8-10,24-25H,7H2,1-6H3,(H2,26,27,28,29)/b18-10+,24-16?. The van der Waals surface area contributed by atoms with Gasteiger partial charge in [0, 0.05) is 29.7 Å². The summed E-state index contributed by atoms with van der Waals surface area (Å²) in [5, 5.41) is 20.5. The van der Waals surface area contributed by atoms with Gasteiger partial charge in [-0.05, 0) is 39.3 Å². The lowest BCUT2D eigenvalue weighted by Gasteiger charge is -2.13. The summed E-state index contributed by atoms with van der Waals surface area (Å²) >= 11 is 0. The summed E-state index contributed by atoms with van der Waals surface area (Å²) in [5.41, 5.74) is 5.34. The van der Waals surface area contributed by atoms with E-state index in [1.54, 1.807) is 20.4 Å². The second-order valence-electron chi connectivity index (χ2n) is 7.57. The molecule has 1 aromatic carbocycles. The van der Waals surface area contributed by atoms with Crippen molar-refractivity contribution < 1.29 is 9.26 Å². The van der Waals surface area contributed by atoms with Gasteiger partial charge >= 0.3 is 0 Å². The molecule has 0 aliphatic carbocycles. The summed E-state index contributed by atoms with van der Waals surface area (Å²) in [7, 11) is 3.45. The van der Waals surface area contributed by atoms with Crippen molar-refractivity contribution in [1.82, 2.24) is 25.4 Å². The van der Waals surface area contributed by atoms with Crippen LogP contribution in [0.5, 0.6) is 5.75 Å². The highest BCUT2D eigenvalue weighted by Crippen LogP contribution is 2.40. The molecule has 4 rings (SSSR count). The molecule has 0 aliphatic rings. The number of aryl methyl sites for hydroxylation is 3. The van der Waals surface area contributed by atoms with E-state index in [9.17, 15) is 0 Å². The summed E-state index contributed by atoms with van der Waals surface area (Å²) in [6, 6.07) is 4.01. The smallest absolute Gasteiger partial charge is 0.144 e. The molecule has 4 aromatic rings. The number of fused-ring (bicyclic) bond motifs is 3. The third-order valence-corrected chi connectivity index (χ3v) is 5.41. The van der Waals surface area contributed by atoms with E-state index in [4.69, 9.17) is 14.7 Å². The maximum absolute atomic E-state index is 8.29. The van der Waals surface area contributed by atoms with Crippen molar-refractivity contribution in [3.8, 4) is 16.9 Å². The van der Waals surface area contributed by atoms with E-state index in [2.05, 4.69) is 30.7 Å². The van der Waals surface area contributed by atoms with Gasteiger partial charge in [0.05, 0.1) is 35.2 Å². The molecule has 0 amide bonds. The Balaban J connectivity index is 1.97. The molecule has 0 spiro atoms. The third-order valence-electron chi connectivity index (χ3n) is 5.41. The number of nitrogens with one attached hydrogen (secondary N) is 4. The van der Waals surface area contributed by atoms with Crippen LogP contribution in [0.1, 0.15) is 30.6 Å². The Hall–Kier alpha value is -3.88. The number of aromatic nitrogens is 4. The van der Waals surface area contributed by atoms with Gasteiger partial charge < -0.3 is 30.3 Å². The molecule has 0 atom stereocenters. The number of anilines is 1.